The highest BCUT2D eigenvalue weighted by Crippen LogP contribution is 2.35. The van der Waals surface area contributed by atoms with E-state index < -0.39 is 16.1 Å². The topological polar surface area (TPSA) is 82.9 Å². The van der Waals surface area contributed by atoms with Gasteiger partial charge in [0.05, 0.1) is 11.8 Å². The first-order valence-electron chi connectivity index (χ1n) is 9.12. The van der Waals surface area contributed by atoms with Crippen LogP contribution in [-0.2, 0) is 15.8 Å². The van der Waals surface area contributed by atoms with Gasteiger partial charge in [-0.15, -0.1) is 0 Å². The SMILES string of the molecule is N#CC(c1ccc2c(c1)OCO2)N1CCN(S(=O)(=O)Cc2ccccc2)CC1. The zero-order valence-corrected chi connectivity index (χ0v) is 16.1. The normalized spacial score (nSPS) is 18.5. The lowest BCUT2D eigenvalue weighted by atomic mass is 10.1. The highest BCUT2D eigenvalue weighted by molar-refractivity contribution is 7.88. The fraction of sp³-hybridized carbons (Fsp3) is 0.350. The maximum atomic E-state index is 12.7. The van der Waals surface area contributed by atoms with Crippen molar-refractivity contribution in [1.82, 2.24) is 9.21 Å². The summed E-state index contributed by atoms with van der Waals surface area (Å²) in [4.78, 5) is 2.01. The summed E-state index contributed by atoms with van der Waals surface area (Å²) in [5, 5.41) is 9.71. The molecule has 8 heteroatoms. The number of hydrogen-bond donors (Lipinski definition) is 0. The molecule has 7 nitrogen and oxygen atoms in total. The van der Waals surface area contributed by atoms with Crippen LogP contribution in [-0.4, -0.2) is 50.6 Å². The van der Waals surface area contributed by atoms with Gasteiger partial charge in [0.2, 0.25) is 16.8 Å². The Morgan fingerprint density at radius 3 is 2.43 bits per heavy atom. The molecule has 146 valence electrons. The first-order valence-corrected chi connectivity index (χ1v) is 10.7. The third kappa shape index (κ3) is 3.83. The average molecular weight is 399 g/mol. The number of piperazine rings is 1. The highest BCUT2D eigenvalue weighted by Gasteiger charge is 2.31. The monoisotopic (exact) mass is 399 g/mol. The molecule has 1 unspecified atom stereocenters. The Morgan fingerprint density at radius 2 is 1.71 bits per heavy atom. The zero-order valence-electron chi connectivity index (χ0n) is 15.3. The van der Waals surface area contributed by atoms with E-state index in [9.17, 15) is 13.7 Å². The third-order valence-electron chi connectivity index (χ3n) is 5.06. The number of benzene rings is 2. The van der Waals surface area contributed by atoms with E-state index in [0.29, 0.717) is 37.7 Å². The van der Waals surface area contributed by atoms with Crippen molar-refractivity contribution in [2.75, 3.05) is 33.0 Å². The number of nitriles is 1. The van der Waals surface area contributed by atoms with Gasteiger partial charge in [0.15, 0.2) is 11.5 Å². The third-order valence-corrected chi connectivity index (χ3v) is 6.91. The lowest BCUT2D eigenvalue weighted by molar-refractivity contribution is 0.162. The zero-order chi connectivity index (χ0) is 19.6. The van der Waals surface area contributed by atoms with Gasteiger partial charge in [-0.3, -0.25) is 4.90 Å². The molecule has 2 heterocycles. The molecule has 0 saturated carbocycles. The Hall–Kier alpha value is -2.60. The molecular weight excluding hydrogens is 378 g/mol. The van der Waals surface area contributed by atoms with Crippen molar-refractivity contribution >= 4 is 10.0 Å². The molecule has 2 aliphatic rings. The molecule has 2 aromatic carbocycles. The summed E-state index contributed by atoms with van der Waals surface area (Å²) in [6.07, 6.45) is 0. The number of fused-ring (bicyclic) bond motifs is 1. The van der Waals surface area contributed by atoms with Crippen LogP contribution in [0.5, 0.6) is 11.5 Å². The van der Waals surface area contributed by atoms with E-state index in [2.05, 4.69) is 6.07 Å². The number of nitrogens with zero attached hydrogens (tertiary/aromatic N) is 3. The van der Waals surface area contributed by atoms with Crippen molar-refractivity contribution in [2.24, 2.45) is 0 Å². The smallest absolute Gasteiger partial charge is 0.231 e. The molecule has 2 aromatic rings. The molecule has 1 saturated heterocycles. The molecule has 1 atom stereocenters. The van der Waals surface area contributed by atoms with E-state index in [4.69, 9.17) is 9.47 Å². The van der Waals surface area contributed by atoms with E-state index in [1.807, 2.05) is 53.4 Å². The quantitative estimate of drug-likeness (QED) is 0.766. The molecule has 2 aliphatic heterocycles. The van der Waals surface area contributed by atoms with E-state index >= 15 is 0 Å². The molecule has 0 N–H and O–H groups in total. The number of sulfonamides is 1. The van der Waals surface area contributed by atoms with Crippen LogP contribution < -0.4 is 9.47 Å². The van der Waals surface area contributed by atoms with E-state index in [1.54, 1.807) is 0 Å². The molecule has 0 aromatic heterocycles. The number of rotatable bonds is 5. The van der Waals surface area contributed by atoms with Crippen LogP contribution in [0.2, 0.25) is 0 Å². The Labute approximate surface area is 164 Å². The first kappa shape index (κ1) is 18.7. The summed E-state index contributed by atoms with van der Waals surface area (Å²) < 4.78 is 37.7. The van der Waals surface area contributed by atoms with Gasteiger partial charge in [-0.25, -0.2) is 8.42 Å². The second-order valence-corrected chi connectivity index (χ2v) is 8.79. The van der Waals surface area contributed by atoms with Crippen LogP contribution in [0.3, 0.4) is 0 Å². The van der Waals surface area contributed by atoms with Crippen LogP contribution in [0.15, 0.2) is 48.5 Å². The molecule has 0 radical (unpaired) electrons. The molecular formula is C20H21N3O4S. The van der Waals surface area contributed by atoms with Gasteiger partial charge in [-0.1, -0.05) is 36.4 Å². The number of ether oxygens (including phenoxy) is 2. The predicted molar refractivity (Wildman–Crippen MR) is 103 cm³/mol. The van der Waals surface area contributed by atoms with Crippen LogP contribution in [0.4, 0.5) is 0 Å². The van der Waals surface area contributed by atoms with Crippen LogP contribution >= 0.6 is 0 Å². The van der Waals surface area contributed by atoms with E-state index in [1.165, 1.54) is 4.31 Å². The van der Waals surface area contributed by atoms with Crippen LogP contribution in [0.1, 0.15) is 17.2 Å². The molecule has 4 rings (SSSR count). The number of hydrogen-bond acceptors (Lipinski definition) is 6. The van der Waals surface area contributed by atoms with Crippen molar-refractivity contribution in [3.8, 4) is 17.6 Å². The summed E-state index contributed by atoms with van der Waals surface area (Å²) in [6.45, 7) is 1.94. The van der Waals surface area contributed by atoms with Crippen molar-refractivity contribution in [3.05, 3.63) is 59.7 Å². The van der Waals surface area contributed by atoms with Crippen molar-refractivity contribution in [2.45, 2.75) is 11.8 Å². The molecule has 1 fully saturated rings. The highest BCUT2D eigenvalue weighted by atomic mass is 32.2. The largest absolute Gasteiger partial charge is 0.454 e. The molecule has 0 amide bonds. The summed E-state index contributed by atoms with van der Waals surface area (Å²) in [7, 11) is -3.38. The maximum Gasteiger partial charge on any atom is 0.231 e. The van der Waals surface area contributed by atoms with Crippen molar-refractivity contribution in [3.63, 3.8) is 0 Å². The lowest BCUT2D eigenvalue weighted by Gasteiger charge is -2.36. The van der Waals surface area contributed by atoms with Gasteiger partial charge in [0.1, 0.15) is 6.04 Å². The Morgan fingerprint density at radius 1 is 1.00 bits per heavy atom. The molecule has 28 heavy (non-hydrogen) atoms. The minimum absolute atomic E-state index is 0.00230. The van der Waals surface area contributed by atoms with Gasteiger partial charge < -0.3 is 9.47 Å². The molecule has 0 spiro atoms. The summed E-state index contributed by atoms with van der Waals surface area (Å²) in [5.74, 6) is 1.32. The summed E-state index contributed by atoms with van der Waals surface area (Å²) >= 11 is 0. The minimum atomic E-state index is -3.38. The van der Waals surface area contributed by atoms with Crippen molar-refractivity contribution in [1.29, 1.82) is 5.26 Å². The maximum absolute atomic E-state index is 12.7. The van der Waals surface area contributed by atoms with Gasteiger partial charge >= 0.3 is 0 Å². The van der Waals surface area contributed by atoms with Gasteiger partial charge in [0, 0.05) is 26.2 Å². The van der Waals surface area contributed by atoms with E-state index in [0.717, 1.165) is 11.1 Å². The van der Waals surface area contributed by atoms with Gasteiger partial charge in [-0.05, 0) is 23.3 Å². The molecule has 0 bridgehead atoms. The summed E-state index contributed by atoms with van der Waals surface area (Å²) in [5.41, 5.74) is 1.60. The fourth-order valence-electron chi connectivity index (χ4n) is 3.57. The average Bonchev–Trinajstić information content (AvgIpc) is 3.17. The molecule has 0 aliphatic carbocycles. The standard InChI is InChI=1S/C20H21N3O4S/c21-13-18(17-6-7-19-20(12-17)27-15-26-19)22-8-10-23(11-9-22)28(24,25)14-16-4-2-1-3-5-16/h1-7,12,18H,8-11,14-15H2. The predicted octanol–water partition coefficient (Wildman–Crippen LogP) is 2.13. The Bertz CT molecular complexity index is 980. The Balaban J connectivity index is 1.42. The van der Waals surface area contributed by atoms with Gasteiger partial charge in [-0.2, -0.15) is 9.57 Å². The minimum Gasteiger partial charge on any atom is -0.454 e. The first-order chi connectivity index (χ1) is 13.6. The second-order valence-electron chi connectivity index (χ2n) is 6.82. The lowest BCUT2D eigenvalue weighted by Crippen LogP contribution is -2.49. The van der Waals surface area contributed by atoms with Crippen LogP contribution in [0, 0.1) is 11.3 Å². The summed E-state index contributed by atoms with van der Waals surface area (Å²) in [6, 6.07) is 16.6. The second kappa shape index (κ2) is 7.80. The van der Waals surface area contributed by atoms with Crippen molar-refractivity contribution < 1.29 is 17.9 Å². The Kier molecular flexibility index (Phi) is 5.22. The van der Waals surface area contributed by atoms with Crippen LogP contribution in [0.25, 0.3) is 0 Å². The van der Waals surface area contributed by atoms with E-state index in [-0.39, 0.29) is 12.5 Å². The van der Waals surface area contributed by atoms with Gasteiger partial charge in [0.25, 0.3) is 0 Å². The fourth-order valence-corrected chi connectivity index (χ4v) is 5.08.